The maximum absolute atomic E-state index is 11.6. The van der Waals surface area contributed by atoms with Gasteiger partial charge in [0.1, 0.15) is 0 Å². The molecule has 0 aliphatic carbocycles. The van der Waals surface area contributed by atoms with Crippen LogP contribution in [0.2, 0.25) is 5.02 Å². The van der Waals surface area contributed by atoms with Crippen LogP contribution in [0.15, 0.2) is 18.2 Å². The molecule has 1 amide bonds. The number of benzene rings is 1. The predicted molar refractivity (Wildman–Crippen MR) is 74.6 cm³/mol. The maximum atomic E-state index is 11.6. The van der Waals surface area contributed by atoms with Crippen LogP contribution in [0.25, 0.3) is 0 Å². The molecule has 4 heteroatoms. The number of nitrogens with one attached hydrogen (secondary N) is 1. The highest BCUT2D eigenvalue weighted by atomic mass is 127. The lowest BCUT2D eigenvalue weighted by Gasteiger charge is -2.05. The lowest BCUT2D eigenvalue weighted by Crippen LogP contribution is -2.24. The minimum Gasteiger partial charge on any atom is -0.352 e. The van der Waals surface area contributed by atoms with Crippen molar-refractivity contribution >= 4 is 40.1 Å². The Balaban J connectivity index is 2.53. The molecule has 1 N–H and O–H groups in total. The second kappa shape index (κ2) is 6.77. The van der Waals surface area contributed by atoms with Crippen LogP contribution in [0, 0.1) is 15.9 Å². The quantitative estimate of drug-likeness (QED) is 0.506. The molecule has 2 nitrogen and oxygen atoms in total. The zero-order valence-electron chi connectivity index (χ0n) is 8.59. The molecule has 0 unspecified atom stereocenters. The minimum atomic E-state index is -0.115. The summed E-state index contributed by atoms with van der Waals surface area (Å²) in [5, 5.41) is 3.38. The third-order valence-electron chi connectivity index (χ3n) is 1.97. The Morgan fingerprint density at radius 2 is 2.31 bits per heavy atom. The first-order valence-corrected chi connectivity index (χ1v) is 6.27. The van der Waals surface area contributed by atoms with Gasteiger partial charge in [-0.2, -0.15) is 0 Å². The Kier molecular flexibility index (Phi) is 5.64. The van der Waals surface area contributed by atoms with Crippen molar-refractivity contribution in [3.63, 3.8) is 0 Å². The SMILES string of the molecule is C#CCCCNC(=O)c1ccc(I)c(Cl)c1. The molecule has 0 heterocycles. The summed E-state index contributed by atoms with van der Waals surface area (Å²) in [6, 6.07) is 5.24. The number of unbranched alkanes of at least 4 members (excludes halogenated alkanes) is 1. The molecule has 0 aromatic heterocycles. The van der Waals surface area contributed by atoms with Crippen molar-refractivity contribution < 1.29 is 4.79 Å². The molecule has 1 aromatic rings. The summed E-state index contributed by atoms with van der Waals surface area (Å²) in [5.74, 6) is 2.41. The summed E-state index contributed by atoms with van der Waals surface area (Å²) < 4.78 is 0.933. The Labute approximate surface area is 114 Å². The Morgan fingerprint density at radius 1 is 1.56 bits per heavy atom. The van der Waals surface area contributed by atoms with Crippen molar-refractivity contribution in [1.82, 2.24) is 5.32 Å². The molecule has 0 bridgehead atoms. The van der Waals surface area contributed by atoms with E-state index in [1.807, 2.05) is 6.07 Å². The van der Waals surface area contributed by atoms with Crippen molar-refractivity contribution in [1.29, 1.82) is 0 Å². The molecule has 0 atom stereocenters. The monoisotopic (exact) mass is 347 g/mol. The number of hydrogen-bond donors (Lipinski definition) is 1. The fraction of sp³-hybridized carbons (Fsp3) is 0.250. The molecule has 1 aromatic carbocycles. The van der Waals surface area contributed by atoms with Crippen molar-refractivity contribution in [3.05, 3.63) is 32.4 Å². The smallest absolute Gasteiger partial charge is 0.251 e. The highest BCUT2D eigenvalue weighted by Crippen LogP contribution is 2.19. The second-order valence-electron chi connectivity index (χ2n) is 3.19. The van der Waals surface area contributed by atoms with E-state index in [1.54, 1.807) is 12.1 Å². The van der Waals surface area contributed by atoms with Crippen LogP contribution >= 0.6 is 34.2 Å². The normalized spacial score (nSPS) is 9.56. The molecule has 1 rings (SSSR count). The third-order valence-corrected chi connectivity index (χ3v) is 3.54. The fourth-order valence-electron chi connectivity index (χ4n) is 1.13. The van der Waals surface area contributed by atoms with Crippen LogP contribution in [0.4, 0.5) is 0 Å². The topological polar surface area (TPSA) is 29.1 Å². The van der Waals surface area contributed by atoms with E-state index in [1.165, 1.54) is 0 Å². The first-order valence-electron chi connectivity index (χ1n) is 4.82. The first-order chi connectivity index (χ1) is 7.65. The van der Waals surface area contributed by atoms with E-state index in [4.69, 9.17) is 18.0 Å². The molecule has 16 heavy (non-hydrogen) atoms. The van der Waals surface area contributed by atoms with Crippen molar-refractivity contribution in [2.75, 3.05) is 6.54 Å². The van der Waals surface area contributed by atoms with E-state index in [2.05, 4.69) is 33.8 Å². The number of hydrogen-bond acceptors (Lipinski definition) is 1. The molecule has 0 fully saturated rings. The van der Waals surface area contributed by atoms with E-state index in [-0.39, 0.29) is 5.91 Å². The van der Waals surface area contributed by atoms with Gasteiger partial charge >= 0.3 is 0 Å². The van der Waals surface area contributed by atoms with E-state index in [0.29, 0.717) is 23.6 Å². The van der Waals surface area contributed by atoms with Crippen molar-refractivity contribution in [2.45, 2.75) is 12.8 Å². The van der Waals surface area contributed by atoms with Gasteiger partial charge in [0, 0.05) is 22.1 Å². The average molecular weight is 348 g/mol. The summed E-state index contributed by atoms with van der Waals surface area (Å²) in [6.45, 7) is 0.590. The molecule has 0 aliphatic rings. The van der Waals surface area contributed by atoms with Gasteiger partial charge in [-0.25, -0.2) is 0 Å². The van der Waals surface area contributed by atoms with Gasteiger partial charge in [-0.1, -0.05) is 11.6 Å². The van der Waals surface area contributed by atoms with Gasteiger partial charge in [0.25, 0.3) is 5.91 Å². The highest BCUT2D eigenvalue weighted by Gasteiger charge is 2.06. The number of amides is 1. The third kappa shape index (κ3) is 4.03. The van der Waals surface area contributed by atoms with Gasteiger partial charge in [0.2, 0.25) is 0 Å². The van der Waals surface area contributed by atoms with Gasteiger partial charge < -0.3 is 5.32 Å². The van der Waals surface area contributed by atoms with Crippen LogP contribution in [0.3, 0.4) is 0 Å². The van der Waals surface area contributed by atoms with Crippen LogP contribution < -0.4 is 5.32 Å². The largest absolute Gasteiger partial charge is 0.352 e. The summed E-state index contributed by atoms with van der Waals surface area (Å²) in [7, 11) is 0. The zero-order valence-corrected chi connectivity index (χ0v) is 11.5. The molecular formula is C12H11ClINO. The molecule has 0 aliphatic heterocycles. The maximum Gasteiger partial charge on any atom is 0.251 e. The molecule has 0 saturated heterocycles. The van der Waals surface area contributed by atoms with Crippen molar-refractivity contribution in [3.8, 4) is 12.3 Å². The average Bonchev–Trinajstić information content (AvgIpc) is 2.28. The summed E-state index contributed by atoms with van der Waals surface area (Å²) in [4.78, 5) is 11.6. The first kappa shape index (κ1) is 13.3. The number of carbonyl (C=O) groups is 1. The summed E-state index contributed by atoms with van der Waals surface area (Å²) in [6.07, 6.45) is 6.58. The molecule has 84 valence electrons. The number of carbonyl (C=O) groups excluding carboxylic acids is 1. The molecule has 0 saturated carbocycles. The van der Waals surface area contributed by atoms with Crippen LogP contribution in [-0.4, -0.2) is 12.5 Å². The van der Waals surface area contributed by atoms with Gasteiger partial charge in [-0.15, -0.1) is 12.3 Å². The Bertz CT molecular complexity index is 426. The van der Waals surface area contributed by atoms with Gasteiger partial charge in [-0.05, 0) is 47.2 Å². The van der Waals surface area contributed by atoms with Crippen LogP contribution in [0.1, 0.15) is 23.2 Å². The standard InChI is InChI=1S/C12H11ClINO/c1-2-3-4-7-15-12(16)9-5-6-11(14)10(13)8-9/h1,5-6,8H,3-4,7H2,(H,15,16). The van der Waals surface area contributed by atoms with Crippen LogP contribution in [0.5, 0.6) is 0 Å². The fourth-order valence-corrected chi connectivity index (χ4v) is 1.65. The van der Waals surface area contributed by atoms with E-state index < -0.39 is 0 Å². The summed E-state index contributed by atoms with van der Waals surface area (Å²) >= 11 is 8.05. The van der Waals surface area contributed by atoms with Crippen LogP contribution in [-0.2, 0) is 0 Å². The van der Waals surface area contributed by atoms with Gasteiger partial charge in [0.15, 0.2) is 0 Å². The van der Waals surface area contributed by atoms with E-state index in [0.717, 1.165) is 9.99 Å². The van der Waals surface area contributed by atoms with Crippen molar-refractivity contribution in [2.24, 2.45) is 0 Å². The molecule has 0 spiro atoms. The van der Waals surface area contributed by atoms with Gasteiger partial charge in [0.05, 0.1) is 5.02 Å². The lowest BCUT2D eigenvalue weighted by molar-refractivity contribution is 0.0953. The summed E-state index contributed by atoms with van der Waals surface area (Å²) in [5.41, 5.74) is 0.575. The van der Waals surface area contributed by atoms with Gasteiger partial charge in [-0.3, -0.25) is 4.79 Å². The Morgan fingerprint density at radius 3 is 2.94 bits per heavy atom. The number of terminal acetylenes is 1. The number of halogens is 2. The predicted octanol–water partition coefficient (Wildman–Crippen LogP) is 3.09. The lowest BCUT2D eigenvalue weighted by atomic mass is 10.2. The van der Waals surface area contributed by atoms with E-state index in [9.17, 15) is 4.79 Å². The molecular weight excluding hydrogens is 336 g/mol. The van der Waals surface area contributed by atoms with E-state index >= 15 is 0 Å². The molecule has 0 radical (unpaired) electrons. The zero-order chi connectivity index (χ0) is 12.0. The Hall–Kier alpha value is -0.730. The number of rotatable bonds is 4. The second-order valence-corrected chi connectivity index (χ2v) is 4.76. The minimum absolute atomic E-state index is 0.115. The highest BCUT2D eigenvalue weighted by molar-refractivity contribution is 14.1.